The van der Waals surface area contributed by atoms with Crippen molar-refractivity contribution in [3.05, 3.63) is 86.9 Å². The number of benzene rings is 2. The number of aromatic nitrogens is 2. The number of likely N-dealkylation sites (N-methyl/N-ethyl adjacent to an activating group) is 1. The first kappa shape index (κ1) is 34.1. The number of phenols is 1. The molecule has 4 aromatic rings. The fourth-order valence-corrected chi connectivity index (χ4v) is 7.58. The lowest BCUT2D eigenvalue weighted by Crippen LogP contribution is -2.66. The third-order valence-electron chi connectivity index (χ3n) is 9.40. The van der Waals surface area contributed by atoms with Gasteiger partial charge in [-0.15, -0.1) is 0 Å². The van der Waals surface area contributed by atoms with E-state index in [1.807, 2.05) is 52.8 Å². The topological polar surface area (TPSA) is 102 Å². The number of phenolic OH excluding ortho intramolecular Hbond substituents is 1. The van der Waals surface area contributed by atoms with Crippen LogP contribution in [0.5, 0.6) is 5.75 Å². The molecule has 1 fully saturated rings. The summed E-state index contributed by atoms with van der Waals surface area (Å²) in [4.78, 5) is 53.7. The van der Waals surface area contributed by atoms with Gasteiger partial charge in [0.2, 0.25) is 5.91 Å². The lowest BCUT2D eigenvalue weighted by Gasteiger charge is -2.50. The van der Waals surface area contributed by atoms with Crippen molar-refractivity contribution in [1.29, 1.82) is 0 Å². The summed E-state index contributed by atoms with van der Waals surface area (Å²) in [5.74, 6) is -1.72. The monoisotopic (exact) mass is 686 g/mol. The van der Waals surface area contributed by atoms with Crippen LogP contribution in [0.1, 0.15) is 43.4 Å². The molecule has 2 aromatic carbocycles. The van der Waals surface area contributed by atoms with Gasteiger partial charge >= 0.3 is 0 Å². The lowest BCUT2D eigenvalue weighted by molar-refractivity contribution is -0.129. The molecule has 0 unspecified atom stereocenters. The summed E-state index contributed by atoms with van der Waals surface area (Å²) in [7, 11) is 5.54. The Labute approximate surface area is 289 Å². The van der Waals surface area contributed by atoms with Crippen LogP contribution < -0.4 is 15.4 Å². The summed E-state index contributed by atoms with van der Waals surface area (Å²) in [6.07, 6.45) is 1.23. The molecule has 0 spiro atoms. The molecule has 0 aliphatic carbocycles. The van der Waals surface area contributed by atoms with Gasteiger partial charge in [0.15, 0.2) is 0 Å². The van der Waals surface area contributed by atoms with Gasteiger partial charge in [0.05, 0.1) is 34.2 Å². The second-order valence-corrected chi connectivity index (χ2v) is 13.9. The zero-order valence-corrected chi connectivity index (χ0v) is 29.5. The second kappa shape index (κ2) is 12.6. The van der Waals surface area contributed by atoms with Gasteiger partial charge in [-0.1, -0.05) is 50.2 Å². The Morgan fingerprint density at radius 3 is 2.51 bits per heavy atom. The minimum atomic E-state index is -0.795. The van der Waals surface area contributed by atoms with Crippen LogP contribution in [0.4, 0.5) is 15.8 Å². The molecule has 0 radical (unpaired) electrons. The molecule has 49 heavy (non-hydrogen) atoms. The van der Waals surface area contributed by atoms with Gasteiger partial charge in [-0.25, -0.2) is 9.37 Å². The highest BCUT2D eigenvalue weighted by Gasteiger charge is 2.46. The predicted octanol–water partition coefficient (Wildman–Crippen LogP) is 5.61. The van der Waals surface area contributed by atoms with Crippen molar-refractivity contribution in [3.8, 4) is 22.7 Å². The fraction of sp³-hybridized carbons (Fsp3) is 0.351. The largest absolute Gasteiger partial charge is 0.507 e. The molecule has 2 aliphatic heterocycles. The number of carbonyl (C=O) groups excluding carboxylic acids is 2. The Balaban J connectivity index is 1.76. The normalized spacial score (nSPS) is 17.6. The number of halogens is 2. The highest BCUT2D eigenvalue weighted by molar-refractivity contribution is 6.34. The molecule has 2 aromatic heterocycles. The zero-order valence-electron chi connectivity index (χ0n) is 28.7. The minimum Gasteiger partial charge on any atom is -0.507 e. The Morgan fingerprint density at radius 1 is 1.16 bits per heavy atom. The summed E-state index contributed by atoms with van der Waals surface area (Å²) in [6.45, 7) is 12.6. The van der Waals surface area contributed by atoms with Crippen molar-refractivity contribution in [2.45, 2.75) is 52.2 Å². The molecule has 1 saturated heterocycles. The SMILES string of the molecule is C=CC(=O)N1C[C@@H](C)N2c3c(c(=O)n(-c4c(C)cc(CN(C)C)cc4C(C)C)c4nc(-c5c(O)cccc5F)c(Cl)cc34)N(C)C(=O)[C@H]2C1. The number of hydrogen-bond acceptors (Lipinski definition) is 7. The van der Waals surface area contributed by atoms with Crippen LogP contribution >= 0.6 is 11.6 Å². The van der Waals surface area contributed by atoms with Gasteiger partial charge in [0.1, 0.15) is 28.9 Å². The van der Waals surface area contributed by atoms with Crippen LogP contribution in [0.15, 0.2) is 53.8 Å². The van der Waals surface area contributed by atoms with Crippen molar-refractivity contribution in [2.24, 2.45) is 0 Å². The number of rotatable bonds is 6. The summed E-state index contributed by atoms with van der Waals surface area (Å²) < 4.78 is 16.9. The van der Waals surface area contributed by atoms with Crippen molar-refractivity contribution in [1.82, 2.24) is 19.4 Å². The smallest absolute Gasteiger partial charge is 0.282 e. The van der Waals surface area contributed by atoms with E-state index in [-0.39, 0.29) is 70.2 Å². The number of carbonyl (C=O) groups is 2. The van der Waals surface area contributed by atoms with Gasteiger partial charge in [0.25, 0.3) is 11.5 Å². The Morgan fingerprint density at radius 2 is 1.88 bits per heavy atom. The molecule has 2 aliphatic rings. The number of piperazine rings is 1. The van der Waals surface area contributed by atoms with E-state index in [1.165, 1.54) is 33.7 Å². The van der Waals surface area contributed by atoms with Crippen LogP contribution in [0.25, 0.3) is 28.0 Å². The van der Waals surface area contributed by atoms with E-state index in [4.69, 9.17) is 16.6 Å². The number of aromatic hydroxyl groups is 1. The number of anilines is 2. The fourth-order valence-electron chi connectivity index (χ4n) is 7.34. The van der Waals surface area contributed by atoms with Crippen molar-refractivity contribution < 1.29 is 19.1 Å². The molecule has 10 nitrogen and oxygen atoms in total. The van der Waals surface area contributed by atoms with Gasteiger partial charge in [-0.05, 0) is 74.8 Å². The highest BCUT2D eigenvalue weighted by Crippen LogP contribution is 2.45. The summed E-state index contributed by atoms with van der Waals surface area (Å²) in [5, 5.41) is 11.3. The molecule has 2 amide bonds. The van der Waals surface area contributed by atoms with E-state index in [0.29, 0.717) is 23.3 Å². The average molecular weight is 687 g/mol. The van der Waals surface area contributed by atoms with Crippen LogP contribution in [0, 0.1) is 12.7 Å². The van der Waals surface area contributed by atoms with E-state index in [1.54, 1.807) is 18.0 Å². The zero-order chi connectivity index (χ0) is 35.6. The quantitative estimate of drug-likeness (QED) is 0.263. The molecular formula is C37H40ClFN6O4. The molecule has 0 bridgehead atoms. The standard InChI is InChI=1S/C37H40ClFN6O4/c1-9-29(47)43-16-21(5)44-27(18-43)36(48)42(8)34-33(44)24-15-25(38)31(30-26(39)11-10-12-28(30)46)40-35(24)45(37(34)49)32-20(4)13-22(17-41(6)7)14-23(32)19(2)3/h9-15,19,21,27,46H,1,16-18H2,2-8H3/t21-,27-/m1/s1. The maximum Gasteiger partial charge on any atom is 0.282 e. The van der Waals surface area contributed by atoms with Crippen LogP contribution in [-0.4, -0.2) is 82.6 Å². The van der Waals surface area contributed by atoms with Gasteiger partial charge in [0, 0.05) is 31.6 Å². The van der Waals surface area contributed by atoms with E-state index >= 15 is 9.18 Å². The Hall–Kier alpha value is -4.74. The van der Waals surface area contributed by atoms with Gasteiger partial charge in [-0.2, -0.15) is 0 Å². The number of fused-ring (bicyclic) bond motifs is 5. The average Bonchev–Trinajstić information content (AvgIpc) is 3.03. The molecular weight excluding hydrogens is 647 g/mol. The van der Waals surface area contributed by atoms with Gasteiger partial charge < -0.3 is 24.7 Å². The van der Waals surface area contributed by atoms with Crippen molar-refractivity contribution in [2.75, 3.05) is 44.0 Å². The summed E-state index contributed by atoms with van der Waals surface area (Å²) in [6, 6.07) is 8.49. The summed E-state index contributed by atoms with van der Waals surface area (Å²) in [5.41, 5.74) is 3.45. The lowest BCUT2D eigenvalue weighted by atomic mass is 9.94. The first-order valence-electron chi connectivity index (χ1n) is 16.2. The van der Waals surface area contributed by atoms with E-state index in [0.717, 1.165) is 16.7 Å². The molecule has 6 rings (SSSR count). The van der Waals surface area contributed by atoms with Crippen molar-refractivity contribution in [3.63, 3.8) is 0 Å². The maximum atomic E-state index is 15.4. The first-order chi connectivity index (χ1) is 23.2. The number of hydrogen-bond donors (Lipinski definition) is 1. The van der Waals surface area contributed by atoms with Crippen LogP contribution in [0.3, 0.4) is 0 Å². The van der Waals surface area contributed by atoms with E-state index < -0.39 is 17.4 Å². The molecule has 0 saturated carbocycles. The first-order valence-corrected chi connectivity index (χ1v) is 16.6. The van der Waals surface area contributed by atoms with Crippen LogP contribution in [-0.2, 0) is 16.1 Å². The molecule has 12 heteroatoms. The maximum absolute atomic E-state index is 15.4. The number of nitrogens with zero attached hydrogens (tertiary/aromatic N) is 6. The third-order valence-corrected chi connectivity index (χ3v) is 9.69. The third kappa shape index (κ3) is 5.54. The predicted molar refractivity (Wildman–Crippen MR) is 192 cm³/mol. The van der Waals surface area contributed by atoms with E-state index in [2.05, 4.69) is 17.5 Å². The van der Waals surface area contributed by atoms with Crippen molar-refractivity contribution >= 4 is 45.8 Å². The second-order valence-electron chi connectivity index (χ2n) is 13.5. The Kier molecular flexibility index (Phi) is 8.79. The van der Waals surface area contributed by atoms with Crippen LogP contribution in [0.2, 0.25) is 5.02 Å². The highest BCUT2D eigenvalue weighted by atomic mass is 35.5. The Bertz CT molecular complexity index is 2090. The summed E-state index contributed by atoms with van der Waals surface area (Å²) >= 11 is 6.91. The molecule has 1 N–H and O–H groups in total. The minimum absolute atomic E-state index is 0.0181. The molecule has 4 heterocycles. The molecule has 256 valence electrons. The number of amides is 2. The number of pyridine rings is 2. The van der Waals surface area contributed by atoms with Gasteiger partial charge in [-0.3, -0.25) is 19.0 Å². The number of aryl methyl sites for hydroxylation is 1. The molecule has 2 atom stereocenters. The van der Waals surface area contributed by atoms with E-state index in [9.17, 15) is 14.7 Å².